The number of esters is 2. The third kappa shape index (κ3) is 5.14. The number of carboxylic acid groups (broad SMARTS) is 1. The number of carbonyl (C=O) groups is 3. The molecule has 0 radical (unpaired) electrons. The van der Waals surface area contributed by atoms with Crippen molar-refractivity contribution < 1.29 is 34.1 Å². The van der Waals surface area contributed by atoms with Gasteiger partial charge in [-0.1, -0.05) is 0 Å². The van der Waals surface area contributed by atoms with Crippen molar-refractivity contribution >= 4 is 17.9 Å². The smallest absolute Gasteiger partial charge is 0.349 e. The van der Waals surface area contributed by atoms with E-state index >= 15 is 0 Å². The van der Waals surface area contributed by atoms with Gasteiger partial charge in [0.1, 0.15) is 11.6 Å². The maximum absolute atomic E-state index is 11.6. The molecule has 8 nitrogen and oxygen atoms in total. The van der Waals surface area contributed by atoms with E-state index in [0.717, 1.165) is 7.11 Å². The second-order valence-corrected chi connectivity index (χ2v) is 5.34. The largest absolute Gasteiger partial charge is 0.479 e. The van der Waals surface area contributed by atoms with Gasteiger partial charge in [-0.15, -0.1) is 0 Å². The molecule has 0 saturated heterocycles. The second kappa shape index (κ2) is 6.67. The molecule has 0 aliphatic heterocycles. The third-order valence-electron chi connectivity index (χ3n) is 2.40. The maximum Gasteiger partial charge on any atom is 0.349 e. The predicted octanol–water partition coefficient (Wildman–Crippen LogP) is -0.576. The molecule has 0 aromatic heterocycles. The summed E-state index contributed by atoms with van der Waals surface area (Å²) in [6.45, 7) is 4.96. The van der Waals surface area contributed by atoms with Crippen molar-refractivity contribution in [1.82, 2.24) is 0 Å². The highest BCUT2D eigenvalue weighted by Crippen LogP contribution is 2.18. The van der Waals surface area contributed by atoms with Gasteiger partial charge >= 0.3 is 17.9 Å². The van der Waals surface area contributed by atoms with E-state index in [-0.39, 0.29) is 6.42 Å². The van der Waals surface area contributed by atoms with Gasteiger partial charge in [0, 0.05) is 6.42 Å². The summed E-state index contributed by atoms with van der Waals surface area (Å²) in [5.41, 5.74) is 2.08. The van der Waals surface area contributed by atoms with Crippen LogP contribution in [0.2, 0.25) is 0 Å². The van der Waals surface area contributed by atoms with Gasteiger partial charge in [-0.2, -0.15) is 0 Å². The number of aliphatic hydroxyl groups is 1. The molecular weight excluding hydrogens is 270 g/mol. The van der Waals surface area contributed by atoms with Crippen LogP contribution in [-0.2, 0) is 23.9 Å². The first-order valence-electron chi connectivity index (χ1n) is 5.96. The Balaban J connectivity index is 4.69. The minimum atomic E-state index is -2.73. The van der Waals surface area contributed by atoms with Gasteiger partial charge in [0.25, 0.3) is 5.60 Å². The normalized spacial score (nSPS) is 15.9. The molecule has 0 aromatic carbocycles. The van der Waals surface area contributed by atoms with Gasteiger partial charge in [0.05, 0.1) is 7.11 Å². The van der Waals surface area contributed by atoms with Crippen molar-refractivity contribution in [2.24, 2.45) is 5.73 Å². The molecule has 0 aliphatic rings. The fourth-order valence-electron chi connectivity index (χ4n) is 1.32. The van der Waals surface area contributed by atoms with E-state index in [0.29, 0.717) is 0 Å². The summed E-state index contributed by atoms with van der Waals surface area (Å²) in [4.78, 5) is 33.8. The van der Waals surface area contributed by atoms with Crippen LogP contribution in [0.5, 0.6) is 0 Å². The Bertz CT molecular complexity index is 388. The fourth-order valence-corrected chi connectivity index (χ4v) is 1.32. The highest BCUT2D eigenvalue weighted by atomic mass is 16.6. The molecule has 0 fully saturated rings. The van der Waals surface area contributed by atoms with Crippen LogP contribution < -0.4 is 5.73 Å². The van der Waals surface area contributed by atoms with E-state index in [9.17, 15) is 19.5 Å². The first-order valence-corrected chi connectivity index (χ1v) is 5.96. The number of aliphatic carboxylic acids is 1. The number of methoxy groups -OCH3 is 1. The van der Waals surface area contributed by atoms with Crippen LogP contribution in [0, 0.1) is 0 Å². The Morgan fingerprint density at radius 1 is 1.25 bits per heavy atom. The van der Waals surface area contributed by atoms with Crippen molar-refractivity contribution in [2.75, 3.05) is 7.11 Å². The van der Waals surface area contributed by atoms with Gasteiger partial charge in [0.15, 0.2) is 0 Å². The van der Waals surface area contributed by atoms with Crippen molar-refractivity contribution in [3.8, 4) is 0 Å². The van der Waals surface area contributed by atoms with E-state index in [1.165, 1.54) is 0 Å². The van der Waals surface area contributed by atoms with Crippen LogP contribution in [0.15, 0.2) is 0 Å². The highest BCUT2D eigenvalue weighted by Gasteiger charge is 2.46. The molecule has 4 N–H and O–H groups in total. The van der Waals surface area contributed by atoms with E-state index in [1.54, 1.807) is 20.8 Å². The van der Waals surface area contributed by atoms with Crippen LogP contribution in [0.4, 0.5) is 0 Å². The lowest BCUT2D eigenvalue weighted by atomic mass is 9.95. The molecule has 2 unspecified atom stereocenters. The van der Waals surface area contributed by atoms with E-state index in [1.807, 2.05) is 0 Å². The topological polar surface area (TPSA) is 136 Å². The fraction of sp³-hybridized carbons (Fsp3) is 0.750. The lowest BCUT2D eigenvalue weighted by Crippen LogP contribution is -2.49. The van der Waals surface area contributed by atoms with Crippen LogP contribution >= 0.6 is 0 Å². The van der Waals surface area contributed by atoms with Crippen LogP contribution in [0.3, 0.4) is 0 Å². The molecule has 2 atom stereocenters. The molecule has 0 saturated carbocycles. The number of carboxylic acids is 1. The number of hydrogen-bond acceptors (Lipinski definition) is 7. The zero-order valence-corrected chi connectivity index (χ0v) is 12.0. The van der Waals surface area contributed by atoms with Gasteiger partial charge in [0.2, 0.25) is 0 Å². The van der Waals surface area contributed by atoms with Crippen LogP contribution in [0.1, 0.15) is 33.6 Å². The molecule has 0 spiro atoms. The number of nitrogens with two attached hydrogens (primary N) is 1. The summed E-state index contributed by atoms with van der Waals surface area (Å²) in [5, 5.41) is 18.6. The van der Waals surface area contributed by atoms with Gasteiger partial charge in [-0.3, -0.25) is 4.79 Å². The average molecular weight is 291 g/mol. The number of carbonyl (C=O) groups excluding carboxylic acids is 2. The molecule has 116 valence electrons. The number of ether oxygens (including phenoxy) is 2. The van der Waals surface area contributed by atoms with Gasteiger partial charge in [-0.25, -0.2) is 9.59 Å². The van der Waals surface area contributed by atoms with E-state index < -0.39 is 41.6 Å². The maximum atomic E-state index is 11.6. The average Bonchev–Trinajstić information content (AvgIpc) is 2.31. The number of rotatable bonds is 6. The predicted molar refractivity (Wildman–Crippen MR) is 67.7 cm³/mol. The zero-order valence-electron chi connectivity index (χ0n) is 12.0. The first-order chi connectivity index (χ1) is 8.94. The lowest BCUT2D eigenvalue weighted by molar-refractivity contribution is -0.179. The van der Waals surface area contributed by atoms with Gasteiger partial charge < -0.3 is 25.4 Å². The second-order valence-electron chi connectivity index (χ2n) is 5.34. The van der Waals surface area contributed by atoms with Crippen molar-refractivity contribution in [2.45, 2.75) is 50.9 Å². The molecule has 0 amide bonds. The molecule has 0 rings (SSSR count). The van der Waals surface area contributed by atoms with E-state index in [2.05, 4.69) is 4.74 Å². The molecule has 0 aromatic rings. The highest BCUT2D eigenvalue weighted by molar-refractivity contribution is 6.02. The summed E-state index contributed by atoms with van der Waals surface area (Å²) < 4.78 is 9.23. The summed E-state index contributed by atoms with van der Waals surface area (Å²) in [5.74, 6) is -3.82. The molecule has 0 heterocycles. The molecular formula is C12H21NO7. The minimum Gasteiger partial charge on any atom is -0.479 e. The van der Waals surface area contributed by atoms with Crippen molar-refractivity contribution in [3.63, 3.8) is 0 Å². The minimum absolute atomic E-state index is 0.243. The Morgan fingerprint density at radius 3 is 2.10 bits per heavy atom. The lowest BCUT2D eigenvalue weighted by Gasteiger charge is -2.24. The summed E-state index contributed by atoms with van der Waals surface area (Å²) in [7, 11) is 0.948. The first kappa shape index (κ1) is 18.3. The van der Waals surface area contributed by atoms with Crippen molar-refractivity contribution in [3.05, 3.63) is 0 Å². The Hall–Kier alpha value is -1.67. The Labute approximate surface area is 116 Å². The summed E-state index contributed by atoms with van der Waals surface area (Å²) in [6, 6.07) is -1.15. The zero-order chi connectivity index (χ0) is 16.1. The molecule has 0 bridgehead atoms. The Kier molecular flexibility index (Phi) is 6.11. The van der Waals surface area contributed by atoms with Crippen molar-refractivity contribution in [1.29, 1.82) is 0 Å². The molecule has 20 heavy (non-hydrogen) atoms. The van der Waals surface area contributed by atoms with E-state index in [4.69, 9.17) is 15.6 Å². The standard InChI is InChI=1S/C12H21NO7/c1-11(2,3)20-8(14)7(13)5-6-12(18,9(15)16)10(17)19-4/h7,18H,5-6,13H2,1-4H3,(H,15,16). The summed E-state index contributed by atoms with van der Waals surface area (Å²) in [6.07, 6.45) is -0.803. The van der Waals surface area contributed by atoms with Crippen LogP contribution in [0.25, 0.3) is 0 Å². The Morgan fingerprint density at radius 2 is 1.75 bits per heavy atom. The van der Waals surface area contributed by atoms with Crippen LogP contribution in [-0.4, -0.2) is 52.5 Å². The quantitative estimate of drug-likeness (QED) is 0.437. The monoisotopic (exact) mass is 291 g/mol. The third-order valence-corrected chi connectivity index (χ3v) is 2.40. The number of hydrogen-bond donors (Lipinski definition) is 3. The SMILES string of the molecule is COC(=O)C(O)(CCC(N)C(=O)OC(C)(C)C)C(=O)O. The molecule has 8 heteroatoms. The molecule has 0 aliphatic carbocycles. The van der Waals surface area contributed by atoms with Gasteiger partial charge in [-0.05, 0) is 27.2 Å². The summed E-state index contributed by atoms with van der Waals surface area (Å²) >= 11 is 0.